The summed E-state index contributed by atoms with van der Waals surface area (Å²) in [4.78, 5) is 27.8. The van der Waals surface area contributed by atoms with Gasteiger partial charge < -0.3 is 19.4 Å². The van der Waals surface area contributed by atoms with Gasteiger partial charge >= 0.3 is 6.09 Å². The summed E-state index contributed by atoms with van der Waals surface area (Å²) in [5, 5.41) is 6.14. The maximum Gasteiger partial charge on any atom is 0.411 e. The lowest BCUT2D eigenvalue weighted by Crippen LogP contribution is -2.40. The lowest BCUT2D eigenvalue weighted by atomic mass is 9.99. The highest BCUT2D eigenvalue weighted by atomic mass is 28.4. The van der Waals surface area contributed by atoms with E-state index in [0.717, 1.165) is 53.9 Å². The monoisotopic (exact) mass is 601 g/mol. The Labute approximate surface area is 258 Å². The third kappa shape index (κ3) is 9.51. The van der Waals surface area contributed by atoms with E-state index in [1.54, 1.807) is 0 Å². The number of anilines is 2. The Morgan fingerprint density at radius 2 is 1.56 bits per heavy atom. The van der Waals surface area contributed by atoms with Crippen LogP contribution in [-0.2, 0) is 27.0 Å². The molecule has 0 unspecified atom stereocenters. The fourth-order valence-electron chi connectivity index (χ4n) is 4.75. The molecule has 3 aromatic carbocycles. The average molecular weight is 602 g/mol. The number of hydrogen-bond acceptors (Lipinski definition) is 5. The van der Waals surface area contributed by atoms with Crippen LogP contribution in [0.2, 0.25) is 18.1 Å². The Bertz CT molecular complexity index is 1360. The van der Waals surface area contributed by atoms with E-state index in [0.29, 0.717) is 25.1 Å². The molecule has 1 aliphatic rings. The minimum absolute atomic E-state index is 0.0459. The van der Waals surface area contributed by atoms with Gasteiger partial charge in [-0.1, -0.05) is 69.3 Å². The zero-order chi connectivity index (χ0) is 31.0. The predicted octanol–water partition coefficient (Wildman–Crippen LogP) is 8.09. The highest BCUT2D eigenvalue weighted by Crippen LogP contribution is 2.37. The van der Waals surface area contributed by atoms with E-state index in [1.165, 1.54) is 0 Å². The van der Waals surface area contributed by atoms with Crippen molar-refractivity contribution in [1.82, 2.24) is 4.90 Å². The number of ether oxygens (including phenoxy) is 1. The van der Waals surface area contributed by atoms with Crippen LogP contribution in [0.3, 0.4) is 0 Å². The number of amides is 2. The van der Waals surface area contributed by atoms with Gasteiger partial charge in [0, 0.05) is 30.8 Å². The third-order valence-electron chi connectivity index (χ3n) is 8.63. The molecule has 3 aromatic rings. The fraction of sp³-hybridized carbons (Fsp3) is 0.429. The number of carbonyl (C=O) groups is 2. The summed E-state index contributed by atoms with van der Waals surface area (Å²) in [6.07, 6.45) is 2.09. The summed E-state index contributed by atoms with van der Waals surface area (Å²) in [5.74, 6) is -0.0459. The third-order valence-corrected chi connectivity index (χ3v) is 13.1. The first-order chi connectivity index (χ1) is 20.4. The van der Waals surface area contributed by atoms with Crippen LogP contribution >= 0.6 is 0 Å². The zero-order valence-corrected chi connectivity index (χ0v) is 27.5. The molecule has 1 fully saturated rings. The van der Waals surface area contributed by atoms with Crippen LogP contribution in [0.15, 0.2) is 72.8 Å². The molecule has 0 bridgehead atoms. The first-order valence-electron chi connectivity index (χ1n) is 15.3. The SMILES string of the molecule is CN1CCC(OC(=O)Nc2ccc(CCC(=O)Nc3ccc(CO[Si](C)(C)C(C)(C)C)cc3)cc2-c2ccccc2)CC1. The second-order valence-electron chi connectivity index (χ2n) is 13.1. The standard InChI is InChI=1S/C35H47N3O4Si/c1-35(2,3)43(5,6)41-25-27-12-16-29(17-13-27)36-33(39)19-15-26-14-18-32(31(24-26)28-10-8-7-9-11-28)37-34(40)42-30-20-22-38(4)23-21-30/h7-14,16-18,24,30H,15,19-23,25H2,1-6H3,(H,36,39)(H,37,40). The van der Waals surface area contributed by atoms with Gasteiger partial charge in [-0.05, 0) is 85.4 Å². The van der Waals surface area contributed by atoms with Crippen LogP contribution < -0.4 is 10.6 Å². The number of carbonyl (C=O) groups excluding carboxylic acids is 2. The smallest absolute Gasteiger partial charge is 0.411 e. The Hall–Kier alpha value is -3.46. The van der Waals surface area contributed by atoms with Crippen molar-refractivity contribution < 1.29 is 18.8 Å². The molecule has 2 N–H and O–H groups in total. The van der Waals surface area contributed by atoms with Crippen LogP contribution in [0.1, 0.15) is 51.2 Å². The summed E-state index contributed by atoms with van der Waals surface area (Å²) in [5.41, 5.74) is 5.46. The molecule has 1 heterocycles. The molecule has 230 valence electrons. The zero-order valence-electron chi connectivity index (χ0n) is 26.5. The lowest BCUT2D eigenvalue weighted by Gasteiger charge is -2.36. The van der Waals surface area contributed by atoms with Crippen molar-refractivity contribution >= 4 is 31.7 Å². The Balaban J connectivity index is 1.34. The van der Waals surface area contributed by atoms with Gasteiger partial charge in [-0.3, -0.25) is 10.1 Å². The molecule has 0 atom stereocenters. The maximum atomic E-state index is 12.8. The highest BCUT2D eigenvalue weighted by Gasteiger charge is 2.37. The summed E-state index contributed by atoms with van der Waals surface area (Å²) in [7, 11) is 0.264. The largest absolute Gasteiger partial charge is 0.446 e. The molecule has 1 saturated heterocycles. The lowest BCUT2D eigenvalue weighted by molar-refractivity contribution is -0.116. The van der Waals surface area contributed by atoms with Crippen molar-refractivity contribution in [3.63, 3.8) is 0 Å². The number of nitrogens with one attached hydrogen (secondary N) is 2. The second kappa shape index (κ2) is 14.3. The first kappa shape index (κ1) is 32.5. The van der Waals surface area contributed by atoms with Gasteiger partial charge in [-0.15, -0.1) is 0 Å². The molecule has 0 aromatic heterocycles. The number of piperidine rings is 1. The number of likely N-dealkylation sites (tertiary alicyclic amines) is 1. The second-order valence-corrected chi connectivity index (χ2v) is 17.9. The fourth-order valence-corrected chi connectivity index (χ4v) is 5.71. The van der Waals surface area contributed by atoms with Crippen LogP contribution in [-0.4, -0.2) is 51.5 Å². The molecule has 8 heteroatoms. The number of nitrogens with zero attached hydrogens (tertiary/aromatic N) is 1. The average Bonchev–Trinajstić information content (AvgIpc) is 2.97. The first-order valence-corrected chi connectivity index (χ1v) is 18.2. The minimum Gasteiger partial charge on any atom is -0.446 e. The van der Waals surface area contributed by atoms with Gasteiger partial charge in [0.1, 0.15) is 6.10 Å². The van der Waals surface area contributed by atoms with Crippen LogP contribution in [0.25, 0.3) is 11.1 Å². The molecule has 43 heavy (non-hydrogen) atoms. The van der Waals surface area contributed by atoms with E-state index < -0.39 is 14.4 Å². The van der Waals surface area contributed by atoms with Gasteiger partial charge in [0.05, 0.1) is 12.3 Å². The molecule has 0 radical (unpaired) electrons. The van der Waals surface area contributed by atoms with E-state index in [-0.39, 0.29) is 17.0 Å². The molecule has 0 saturated carbocycles. The van der Waals surface area contributed by atoms with Crippen molar-refractivity contribution in [3.05, 3.63) is 83.9 Å². The van der Waals surface area contributed by atoms with Crippen molar-refractivity contribution in [3.8, 4) is 11.1 Å². The normalized spacial score (nSPS) is 14.7. The van der Waals surface area contributed by atoms with Gasteiger partial charge in [-0.25, -0.2) is 4.79 Å². The summed E-state index contributed by atoms with van der Waals surface area (Å²) < 4.78 is 12.0. The van der Waals surface area contributed by atoms with Crippen molar-refractivity contribution in [2.24, 2.45) is 0 Å². The minimum atomic E-state index is -1.82. The number of hydrogen-bond donors (Lipinski definition) is 2. The molecule has 0 aliphatic carbocycles. The Morgan fingerprint density at radius 1 is 0.907 bits per heavy atom. The Kier molecular flexibility index (Phi) is 10.8. The van der Waals surface area contributed by atoms with Crippen LogP contribution in [0.5, 0.6) is 0 Å². The number of benzene rings is 3. The summed E-state index contributed by atoms with van der Waals surface area (Å²) in [6, 6.07) is 23.7. The molecule has 7 nitrogen and oxygen atoms in total. The van der Waals surface area contributed by atoms with Crippen LogP contribution in [0.4, 0.5) is 16.2 Å². The molecule has 0 spiro atoms. The number of aryl methyl sites for hydroxylation is 1. The van der Waals surface area contributed by atoms with Crippen molar-refractivity contribution in [2.75, 3.05) is 30.8 Å². The maximum absolute atomic E-state index is 12.8. The molecule has 2 amide bonds. The van der Waals surface area contributed by atoms with Gasteiger partial charge in [0.25, 0.3) is 0 Å². The number of rotatable bonds is 10. The Morgan fingerprint density at radius 3 is 2.21 bits per heavy atom. The molecular formula is C35H47N3O4Si. The van der Waals surface area contributed by atoms with E-state index >= 15 is 0 Å². The van der Waals surface area contributed by atoms with E-state index in [4.69, 9.17) is 9.16 Å². The van der Waals surface area contributed by atoms with Crippen molar-refractivity contribution in [1.29, 1.82) is 0 Å². The predicted molar refractivity (Wildman–Crippen MR) is 178 cm³/mol. The highest BCUT2D eigenvalue weighted by molar-refractivity contribution is 6.74. The van der Waals surface area contributed by atoms with Crippen LogP contribution in [0, 0.1) is 0 Å². The van der Waals surface area contributed by atoms with E-state index in [9.17, 15) is 9.59 Å². The summed E-state index contributed by atoms with van der Waals surface area (Å²) >= 11 is 0. The van der Waals surface area contributed by atoms with Gasteiger partial charge in [-0.2, -0.15) is 0 Å². The topological polar surface area (TPSA) is 79.9 Å². The quantitative estimate of drug-likeness (QED) is 0.230. The van der Waals surface area contributed by atoms with E-state index in [2.05, 4.69) is 56.4 Å². The van der Waals surface area contributed by atoms with Crippen molar-refractivity contribution in [2.45, 2.75) is 77.3 Å². The summed E-state index contributed by atoms with van der Waals surface area (Å²) in [6.45, 7) is 13.6. The van der Waals surface area contributed by atoms with Gasteiger partial charge in [0.2, 0.25) is 5.91 Å². The molecular weight excluding hydrogens is 554 g/mol. The van der Waals surface area contributed by atoms with E-state index in [1.807, 2.05) is 72.8 Å². The van der Waals surface area contributed by atoms with Gasteiger partial charge in [0.15, 0.2) is 8.32 Å². The molecule has 1 aliphatic heterocycles. The molecule has 4 rings (SSSR count).